The number of aryl methyl sites for hydroxylation is 2. The molecule has 0 saturated carbocycles. The maximum atomic E-state index is 13.9. The average Bonchev–Trinajstić information content (AvgIpc) is 2.46. The van der Waals surface area contributed by atoms with E-state index in [1.807, 2.05) is 24.3 Å². The fourth-order valence-corrected chi connectivity index (χ4v) is 2.12. The van der Waals surface area contributed by atoms with Crippen LogP contribution in [0.3, 0.4) is 0 Å². The Labute approximate surface area is 117 Å². The molecule has 0 atom stereocenters. The Balaban J connectivity index is 2.29. The number of rotatable bonds is 5. The van der Waals surface area contributed by atoms with E-state index >= 15 is 0 Å². The molecule has 0 aromatic heterocycles. The van der Waals surface area contributed by atoms with Gasteiger partial charge in [0.15, 0.2) is 0 Å². The Morgan fingerprint density at radius 3 is 2.35 bits per heavy atom. The van der Waals surface area contributed by atoms with Crippen LogP contribution in [-0.2, 0) is 17.6 Å². The van der Waals surface area contributed by atoms with Gasteiger partial charge >= 0.3 is 5.97 Å². The highest BCUT2D eigenvalue weighted by Gasteiger charge is 2.07. The molecule has 0 fully saturated rings. The van der Waals surface area contributed by atoms with E-state index in [0.717, 1.165) is 17.5 Å². The predicted octanol–water partition coefficient (Wildman–Crippen LogP) is 4.07. The average molecular weight is 272 g/mol. The maximum Gasteiger partial charge on any atom is 0.303 e. The van der Waals surface area contributed by atoms with Crippen molar-refractivity contribution in [3.05, 3.63) is 59.4 Å². The number of carbonyl (C=O) groups is 1. The van der Waals surface area contributed by atoms with Gasteiger partial charge in [0.05, 0.1) is 0 Å². The van der Waals surface area contributed by atoms with Gasteiger partial charge in [-0.2, -0.15) is 0 Å². The fourth-order valence-electron chi connectivity index (χ4n) is 2.12. The highest BCUT2D eigenvalue weighted by atomic mass is 19.1. The maximum absolute atomic E-state index is 13.9. The summed E-state index contributed by atoms with van der Waals surface area (Å²) in [4.78, 5) is 10.6. The van der Waals surface area contributed by atoms with Gasteiger partial charge in [-0.15, -0.1) is 0 Å². The van der Waals surface area contributed by atoms with E-state index in [-0.39, 0.29) is 12.2 Å². The van der Waals surface area contributed by atoms with E-state index in [0.29, 0.717) is 12.0 Å². The Bertz CT molecular complexity index is 603. The lowest BCUT2D eigenvalue weighted by molar-refractivity contribution is -0.136. The lowest BCUT2D eigenvalue weighted by Crippen LogP contribution is -1.98. The SMILES string of the molecule is CCc1ccc(-c2cc(CCC(=O)O)ccc2F)cc1. The number of hydrogen-bond acceptors (Lipinski definition) is 1. The second kappa shape index (κ2) is 6.33. The van der Waals surface area contributed by atoms with Gasteiger partial charge in [-0.25, -0.2) is 4.39 Å². The van der Waals surface area contributed by atoms with Crippen molar-refractivity contribution in [1.82, 2.24) is 0 Å². The summed E-state index contributed by atoms with van der Waals surface area (Å²) >= 11 is 0. The molecule has 0 aliphatic carbocycles. The van der Waals surface area contributed by atoms with Crippen molar-refractivity contribution in [3.8, 4) is 11.1 Å². The number of benzene rings is 2. The summed E-state index contributed by atoms with van der Waals surface area (Å²) in [7, 11) is 0. The summed E-state index contributed by atoms with van der Waals surface area (Å²) in [5, 5.41) is 8.70. The van der Waals surface area contributed by atoms with Gasteiger partial charge in [-0.3, -0.25) is 4.79 Å². The Hall–Kier alpha value is -2.16. The summed E-state index contributed by atoms with van der Waals surface area (Å²) in [6.45, 7) is 2.07. The second-order valence-corrected chi connectivity index (χ2v) is 4.76. The first-order valence-electron chi connectivity index (χ1n) is 6.69. The molecule has 20 heavy (non-hydrogen) atoms. The van der Waals surface area contributed by atoms with Crippen LogP contribution in [0.25, 0.3) is 11.1 Å². The van der Waals surface area contributed by atoms with Gasteiger partial charge < -0.3 is 5.11 Å². The lowest BCUT2D eigenvalue weighted by atomic mass is 9.99. The molecule has 2 rings (SSSR count). The van der Waals surface area contributed by atoms with Crippen LogP contribution in [0.5, 0.6) is 0 Å². The van der Waals surface area contributed by atoms with E-state index in [1.165, 1.54) is 11.6 Å². The van der Waals surface area contributed by atoms with Crippen LogP contribution >= 0.6 is 0 Å². The normalized spacial score (nSPS) is 10.5. The van der Waals surface area contributed by atoms with Crippen molar-refractivity contribution >= 4 is 5.97 Å². The van der Waals surface area contributed by atoms with E-state index < -0.39 is 5.97 Å². The van der Waals surface area contributed by atoms with Crippen molar-refractivity contribution in [2.24, 2.45) is 0 Å². The van der Waals surface area contributed by atoms with Crippen LogP contribution in [0.1, 0.15) is 24.5 Å². The molecule has 1 N–H and O–H groups in total. The summed E-state index contributed by atoms with van der Waals surface area (Å²) in [5.41, 5.74) is 3.38. The van der Waals surface area contributed by atoms with Crippen LogP contribution in [0.4, 0.5) is 4.39 Å². The van der Waals surface area contributed by atoms with Crippen molar-refractivity contribution in [1.29, 1.82) is 0 Å². The molecule has 2 aromatic carbocycles. The van der Waals surface area contributed by atoms with E-state index in [2.05, 4.69) is 6.92 Å². The van der Waals surface area contributed by atoms with Crippen LogP contribution < -0.4 is 0 Å². The molecule has 0 bridgehead atoms. The molecule has 0 spiro atoms. The number of halogens is 1. The fraction of sp³-hybridized carbons (Fsp3) is 0.235. The third-order valence-electron chi connectivity index (χ3n) is 3.33. The molecule has 0 unspecified atom stereocenters. The van der Waals surface area contributed by atoms with Crippen LogP contribution in [0.15, 0.2) is 42.5 Å². The molecular formula is C17H17FO2. The number of carboxylic acid groups (broad SMARTS) is 1. The monoisotopic (exact) mass is 272 g/mol. The molecule has 3 heteroatoms. The smallest absolute Gasteiger partial charge is 0.303 e. The highest BCUT2D eigenvalue weighted by molar-refractivity contribution is 5.68. The minimum absolute atomic E-state index is 0.0554. The zero-order valence-corrected chi connectivity index (χ0v) is 11.4. The van der Waals surface area contributed by atoms with Crippen molar-refractivity contribution in [2.45, 2.75) is 26.2 Å². The van der Waals surface area contributed by atoms with E-state index in [9.17, 15) is 9.18 Å². The number of aliphatic carboxylic acids is 1. The summed E-state index contributed by atoms with van der Waals surface area (Å²) in [5.74, 6) is -1.13. The molecular weight excluding hydrogens is 255 g/mol. The highest BCUT2D eigenvalue weighted by Crippen LogP contribution is 2.25. The topological polar surface area (TPSA) is 37.3 Å². The Kier molecular flexibility index (Phi) is 4.51. The van der Waals surface area contributed by atoms with E-state index in [4.69, 9.17) is 5.11 Å². The Morgan fingerprint density at radius 1 is 1.10 bits per heavy atom. The number of hydrogen-bond donors (Lipinski definition) is 1. The molecule has 2 aromatic rings. The van der Waals surface area contributed by atoms with Gasteiger partial charge in [0.25, 0.3) is 0 Å². The molecule has 0 amide bonds. The summed E-state index contributed by atoms with van der Waals surface area (Å²) in [6, 6.07) is 12.6. The van der Waals surface area contributed by atoms with Crippen molar-refractivity contribution < 1.29 is 14.3 Å². The molecule has 0 heterocycles. The third kappa shape index (κ3) is 3.44. The molecule has 0 aliphatic rings. The van der Waals surface area contributed by atoms with E-state index in [1.54, 1.807) is 12.1 Å². The first kappa shape index (κ1) is 14.3. The first-order chi connectivity index (χ1) is 9.60. The van der Waals surface area contributed by atoms with Gasteiger partial charge in [0.2, 0.25) is 0 Å². The van der Waals surface area contributed by atoms with Crippen LogP contribution in [0.2, 0.25) is 0 Å². The molecule has 0 aliphatic heterocycles. The summed E-state index contributed by atoms with van der Waals surface area (Å²) < 4.78 is 13.9. The summed E-state index contributed by atoms with van der Waals surface area (Å²) in [6.07, 6.45) is 1.41. The largest absolute Gasteiger partial charge is 0.481 e. The molecule has 2 nitrogen and oxygen atoms in total. The van der Waals surface area contributed by atoms with Gasteiger partial charge in [-0.1, -0.05) is 37.3 Å². The quantitative estimate of drug-likeness (QED) is 0.890. The molecule has 0 radical (unpaired) electrons. The minimum atomic E-state index is -0.844. The Morgan fingerprint density at radius 2 is 1.75 bits per heavy atom. The van der Waals surface area contributed by atoms with Crippen LogP contribution in [0, 0.1) is 5.82 Å². The third-order valence-corrected chi connectivity index (χ3v) is 3.33. The van der Waals surface area contributed by atoms with Crippen molar-refractivity contribution in [2.75, 3.05) is 0 Å². The van der Waals surface area contributed by atoms with Crippen LogP contribution in [-0.4, -0.2) is 11.1 Å². The van der Waals surface area contributed by atoms with Gasteiger partial charge in [0.1, 0.15) is 5.82 Å². The zero-order chi connectivity index (χ0) is 14.5. The first-order valence-corrected chi connectivity index (χ1v) is 6.69. The van der Waals surface area contributed by atoms with Gasteiger partial charge in [0, 0.05) is 12.0 Å². The molecule has 104 valence electrons. The molecule has 0 saturated heterocycles. The minimum Gasteiger partial charge on any atom is -0.481 e. The lowest BCUT2D eigenvalue weighted by Gasteiger charge is -2.07. The van der Waals surface area contributed by atoms with Crippen molar-refractivity contribution in [3.63, 3.8) is 0 Å². The van der Waals surface area contributed by atoms with Gasteiger partial charge in [-0.05, 0) is 41.7 Å². The number of carboxylic acids is 1. The predicted molar refractivity (Wildman–Crippen MR) is 77.2 cm³/mol. The second-order valence-electron chi connectivity index (χ2n) is 4.76. The standard InChI is InChI=1S/C17H17FO2/c1-2-12-3-7-14(8-4-12)15-11-13(5-9-16(15)18)6-10-17(19)20/h3-5,7-9,11H,2,6,10H2,1H3,(H,19,20). The zero-order valence-electron chi connectivity index (χ0n) is 11.4.